The topological polar surface area (TPSA) is 35.0 Å². The van der Waals surface area contributed by atoms with Gasteiger partial charge in [0.15, 0.2) is 5.82 Å². The zero-order valence-corrected chi connectivity index (χ0v) is 12.3. The largest absolute Gasteiger partial charge is 0.497 e. The molecule has 0 spiro atoms. The molecular weight excluding hydrogens is 292 g/mol. The Morgan fingerprint density at radius 1 is 1.17 bits per heavy atom. The smallest absolute Gasteiger partial charge is 0.160 e. The van der Waals surface area contributed by atoms with Gasteiger partial charge in [0.05, 0.1) is 7.11 Å². The van der Waals surface area contributed by atoms with E-state index in [1.807, 2.05) is 31.2 Å². The van der Waals surface area contributed by atoms with Crippen LogP contribution in [0.3, 0.4) is 0 Å². The Bertz CT molecular complexity index is 529. The molecule has 2 aromatic rings. The third kappa shape index (κ3) is 2.53. The number of hydrogen-bond donors (Lipinski definition) is 0. The summed E-state index contributed by atoms with van der Waals surface area (Å²) in [6.07, 6.45) is 0.926. The molecule has 0 atom stereocenters. The Morgan fingerprint density at radius 3 is 2.33 bits per heavy atom. The van der Waals surface area contributed by atoms with Crippen LogP contribution in [0.5, 0.6) is 5.75 Å². The van der Waals surface area contributed by atoms with Crippen LogP contribution in [-0.2, 0) is 6.42 Å². The molecule has 94 valence electrons. The van der Waals surface area contributed by atoms with Gasteiger partial charge in [-0.2, -0.15) is 0 Å². The number of halogens is 1. The van der Waals surface area contributed by atoms with Gasteiger partial charge in [-0.05, 0) is 53.5 Å². The van der Waals surface area contributed by atoms with E-state index < -0.39 is 0 Å². The van der Waals surface area contributed by atoms with Crippen molar-refractivity contribution in [2.45, 2.75) is 20.3 Å². The van der Waals surface area contributed by atoms with Crippen molar-refractivity contribution >= 4 is 15.9 Å². The lowest BCUT2D eigenvalue weighted by atomic mass is 10.1. The number of aryl methyl sites for hydroxylation is 1. The second-order valence-electron chi connectivity index (χ2n) is 3.98. The molecule has 0 aliphatic heterocycles. The predicted octanol–water partition coefficient (Wildman–Crippen LogP) is 3.79. The van der Waals surface area contributed by atoms with Crippen molar-refractivity contribution in [3.8, 4) is 17.1 Å². The van der Waals surface area contributed by atoms with Crippen molar-refractivity contribution in [1.82, 2.24) is 9.97 Å². The molecule has 0 radical (unpaired) electrons. The third-order valence-electron chi connectivity index (χ3n) is 2.87. The molecule has 18 heavy (non-hydrogen) atoms. The Kier molecular flexibility index (Phi) is 3.97. The zero-order valence-electron chi connectivity index (χ0n) is 10.7. The number of hydrogen-bond acceptors (Lipinski definition) is 3. The van der Waals surface area contributed by atoms with Gasteiger partial charge in [0.2, 0.25) is 0 Å². The van der Waals surface area contributed by atoms with E-state index >= 15 is 0 Å². The van der Waals surface area contributed by atoms with Gasteiger partial charge in [-0.25, -0.2) is 9.97 Å². The molecule has 3 nitrogen and oxygen atoms in total. The zero-order chi connectivity index (χ0) is 13.1. The molecule has 0 unspecified atom stereocenters. The van der Waals surface area contributed by atoms with Gasteiger partial charge in [-0.1, -0.05) is 6.92 Å². The minimum Gasteiger partial charge on any atom is -0.497 e. The van der Waals surface area contributed by atoms with Crippen LogP contribution >= 0.6 is 15.9 Å². The maximum absolute atomic E-state index is 5.14. The molecule has 0 N–H and O–H groups in total. The number of ether oxygens (including phenoxy) is 1. The van der Waals surface area contributed by atoms with Crippen molar-refractivity contribution in [2.75, 3.05) is 7.11 Å². The Hall–Kier alpha value is -1.42. The first-order chi connectivity index (χ1) is 8.65. The molecular formula is C14H15BrN2O. The molecule has 0 saturated carbocycles. The molecule has 0 aliphatic carbocycles. The third-order valence-corrected chi connectivity index (χ3v) is 3.52. The summed E-state index contributed by atoms with van der Waals surface area (Å²) in [5.41, 5.74) is 3.17. The van der Waals surface area contributed by atoms with Gasteiger partial charge in [-0.3, -0.25) is 0 Å². The lowest BCUT2D eigenvalue weighted by Gasteiger charge is -2.08. The summed E-state index contributed by atoms with van der Waals surface area (Å²) in [6.45, 7) is 4.11. The Balaban J connectivity index is 2.44. The number of rotatable bonds is 3. The first-order valence-electron chi connectivity index (χ1n) is 5.83. The standard InChI is InChI=1S/C14H15BrN2O/c1-4-12-9(2)16-14(17-13(12)15)10-5-7-11(18-3)8-6-10/h5-8H,4H2,1-3H3. The van der Waals surface area contributed by atoms with Crippen LogP contribution in [0.25, 0.3) is 11.4 Å². The van der Waals surface area contributed by atoms with Crippen LogP contribution < -0.4 is 4.74 Å². The monoisotopic (exact) mass is 306 g/mol. The van der Waals surface area contributed by atoms with E-state index in [9.17, 15) is 0 Å². The molecule has 1 heterocycles. The summed E-state index contributed by atoms with van der Waals surface area (Å²) in [5.74, 6) is 1.57. The summed E-state index contributed by atoms with van der Waals surface area (Å²) in [4.78, 5) is 9.04. The Morgan fingerprint density at radius 2 is 1.83 bits per heavy atom. The van der Waals surface area contributed by atoms with Crippen LogP contribution in [0.2, 0.25) is 0 Å². The van der Waals surface area contributed by atoms with Crippen molar-refractivity contribution in [3.63, 3.8) is 0 Å². The minimum atomic E-state index is 0.735. The summed E-state index contributed by atoms with van der Waals surface area (Å²) < 4.78 is 6.02. The second-order valence-corrected chi connectivity index (χ2v) is 4.74. The molecule has 0 aliphatic rings. The fourth-order valence-electron chi connectivity index (χ4n) is 1.83. The van der Waals surface area contributed by atoms with E-state index in [-0.39, 0.29) is 0 Å². The van der Waals surface area contributed by atoms with Crippen LogP contribution in [0.15, 0.2) is 28.9 Å². The fourth-order valence-corrected chi connectivity index (χ4v) is 2.57. The highest BCUT2D eigenvalue weighted by atomic mass is 79.9. The van der Waals surface area contributed by atoms with Crippen molar-refractivity contribution in [3.05, 3.63) is 40.1 Å². The second kappa shape index (κ2) is 5.48. The summed E-state index contributed by atoms with van der Waals surface area (Å²) >= 11 is 3.51. The van der Waals surface area contributed by atoms with Crippen LogP contribution in [0.4, 0.5) is 0 Å². The van der Waals surface area contributed by atoms with Gasteiger partial charge in [0.1, 0.15) is 10.4 Å². The lowest BCUT2D eigenvalue weighted by Crippen LogP contribution is -1.99. The maximum Gasteiger partial charge on any atom is 0.160 e. The normalized spacial score (nSPS) is 10.4. The highest BCUT2D eigenvalue weighted by Crippen LogP contribution is 2.24. The van der Waals surface area contributed by atoms with E-state index in [2.05, 4.69) is 32.8 Å². The van der Waals surface area contributed by atoms with E-state index in [1.54, 1.807) is 7.11 Å². The van der Waals surface area contributed by atoms with Crippen LogP contribution in [0, 0.1) is 6.92 Å². The fraction of sp³-hybridized carbons (Fsp3) is 0.286. The van der Waals surface area contributed by atoms with Crippen molar-refractivity contribution in [2.24, 2.45) is 0 Å². The highest BCUT2D eigenvalue weighted by Gasteiger charge is 2.09. The lowest BCUT2D eigenvalue weighted by molar-refractivity contribution is 0.415. The number of benzene rings is 1. The molecule has 0 saturated heterocycles. The summed E-state index contributed by atoms with van der Waals surface area (Å²) in [7, 11) is 1.66. The maximum atomic E-state index is 5.14. The molecule has 2 rings (SSSR count). The summed E-state index contributed by atoms with van der Waals surface area (Å²) in [6, 6.07) is 7.75. The molecule has 0 amide bonds. The Labute approximate surface area is 115 Å². The van der Waals surface area contributed by atoms with E-state index in [0.717, 1.165) is 39.4 Å². The van der Waals surface area contributed by atoms with E-state index in [1.165, 1.54) is 0 Å². The first kappa shape index (κ1) is 13.0. The van der Waals surface area contributed by atoms with Gasteiger partial charge in [0, 0.05) is 16.8 Å². The van der Waals surface area contributed by atoms with Gasteiger partial charge in [0.25, 0.3) is 0 Å². The minimum absolute atomic E-state index is 0.735. The quantitative estimate of drug-likeness (QED) is 0.809. The highest BCUT2D eigenvalue weighted by molar-refractivity contribution is 9.10. The van der Waals surface area contributed by atoms with Gasteiger partial charge < -0.3 is 4.74 Å². The molecule has 1 aromatic heterocycles. The average Bonchev–Trinajstić information content (AvgIpc) is 2.38. The van der Waals surface area contributed by atoms with Gasteiger partial charge >= 0.3 is 0 Å². The average molecular weight is 307 g/mol. The molecule has 1 aromatic carbocycles. The molecule has 0 bridgehead atoms. The van der Waals surface area contributed by atoms with Crippen molar-refractivity contribution in [1.29, 1.82) is 0 Å². The number of methoxy groups -OCH3 is 1. The molecule has 4 heteroatoms. The summed E-state index contributed by atoms with van der Waals surface area (Å²) in [5, 5.41) is 0. The van der Waals surface area contributed by atoms with Crippen LogP contribution in [0.1, 0.15) is 18.2 Å². The van der Waals surface area contributed by atoms with E-state index in [0.29, 0.717) is 0 Å². The van der Waals surface area contributed by atoms with Crippen molar-refractivity contribution < 1.29 is 4.74 Å². The number of aromatic nitrogens is 2. The van der Waals surface area contributed by atoms with E-state index in [4.69, 9.17) is 4.74 Å². The van der Waals surface area contributed by atoms with Gasteiger partial charge in [-0.15, -0.1) is 0 Å². The predicted molar refractivity (Wildman–Crippen MR) is 75.8 cm³/mol. The van der Waals surface area contributed by atoms with Crippen LogP contribution in [-0.4, -0.2) is 17.1 Å². The SMILES string of the molecule is CCc1c(C)nc(-c2ccc(OC)cc2)nc1Br. The molecule has 0 fully saturated rings. The first-order valence-corrected chi connectivity index (χ1v) is 6.62. The number of nitrogens with zero attached hydrogens (tertiary/aromatic N) is 2.